The molecule has 1 aliphatic rings. The summed E-state index contributed by atoms with van der Waals surface area (Å²) in [5.41, 5.74) is -0.724. The molecule has 0 bridgehead atoms. The summed E-state index contributed by atoms with van der Waals surface area (Å²) in [5.74, 6) is 1.67. The molecule has 7 heteroatoms. The molecule has 23 heavy (non-hydrogen) atoms. The molecule has 0 saturated carbocycles. The van der Waals surface area contributed by atoms with E-state index in [0.29, 0.717) is 18.3 Å². The summed E-state index contributed by atoms with van der Waals surface area (Å²) in [6.45, 7) is 2.06. The lowest BCUT2D eigenvalue weighted by atomic mass is 10.1. The maximum atomic E-state index is 12.5. The van der Waals surface area contributed by atoms with Gasteiger partial charge in [0.1, 0.15) is 11.6 Å². The second-order valence-electron chi connectivity index (χ2n) is 5.50. The van der Waals surface area contributed by atoms with E-state index in [1.165, 1.54) is 6.07 Å². The molecule has 0 spiro atoms. The van der Waals surface area contributed by atoms with Crippen LogP contribution in [0.5, 0.6) is 5.75 Å². The molecule has 2 aromatic heterocycles. The van der Waals surface area contributed by atoms with Gasteiger partial charge in [0.15, 0.2) is 0 Å². The summed E-state index contributed by atoms with van der Waals surface area (Å²) >= 11 is 0. The monoisotopic (exact) mass is 323 g/mol. The van der Waals surface area contributed by atoms with Crippen molar-refractivity contribution in [3.63, 3.8) is 0 Å². The number of nitrogens with zero attached hydrogens (tertiary/aromatic N) is 3. The third-order valence-electron chi connectivity index (χ3n) is 3.82. The van der Waals surface area contributed by atoms with Crippen LogP contribution in [0.3, 0.4) is 0 Å². The molecule has 122 valence electrons. The van der Waals surface area contributed by atoms with E-state index in [4.69, 9.17) is 4.74 Å². The molecule has 0 N–H and O–H groups in total. The van der Waals surface area contributed by atoms with Crippen LogP contribution in [0.1, 0.15) is 12.0 Å². The van der Waals surface area contributed by atoms with E-state index in [1.54, 1.807) is 24.5 Å². The number of pyridine rings is 2. The first-order valence-corrected chi connectivity index (χ1v) is 7.33. The Kier molecular flexibility index (Phi) is 4.36. The molecular formula is C16H16F3N3O. The average Bonchev–Trinajstić information content (AvgIpc) is 3.02. The highest BCUT2D eigenvalue weighted by molar-refractivity contribution is 5.41. The van der Waals surface area contributed by atoms with Crippen molar-refractivity contribution in [2.24, 2.45) is 5.92 Å². The molecule has 0 aromatic carbocycles. The Morgan fingerprint density at radius 1 is 1.17 bits per heavy atom. The molecular weight excluding hydrogens is 307 g/mol. The summed E-state index contributed by atoms with van der Waals surface area (Å²) in [7, 11) is 0. The normalized spacial score (nSPS) is 18.2. The third-order valence-corrected chi connectivity index (χ3v) is 3.82. The minimum absolute atomic E-state index is 0.326. The van der Waals surface area contributed by atoms with Gasteiger partial charge in [-0.25, -0.2) is 4.98 Å². The van der Waals surface area contributed by atoms with E-state index in [-0.39, 0.29) is 0 Å². The van der Waals surface area contributed by atoms with Gasteiger partial charge in [-0.2, -0.15) is 13.2 Å². The van der Waals surface area contributed by atoms with Crippen LogP contribution in [0.4, 0.5) is 19.0 Å². The highest BCUT2D eigenvalue weighted by Crippen LogP contribution is 2.30. The van der Waals surface area contributed by atoms with Crippen molar-refractivity contribution in [3.8, 4) is 5.75 Å². The van der Waals surface area contributed by atoms with Crippen molar-refractivity contribution < 1.29 is 17.9 Å². The van der Waals surface area contributed by atoms with Gasteiger partial charge in [0.05, 0.1) is 12.2 Å². The number of halogens is 3. The Morgan fingerprint density at radius 2 is 1.96 bits per heavy atom. The number of rotatable bonds is 4. The number of aromatic nitrogens is 2. The summed E-state index contributed by atoms with van der Waals surface area (Å²) in [6, 6.07) is 6.09. The third kappa shape index (κ3) is 3.91. The van der Waals surface area contributed by atoms with Crippen LogP contribution in [0, 0.1) is 5.92 Å². The zero-order valence-corrected chi connectivity index (χ0v) is 12.3. The van der Waals surface area contributed by atoms with Crippen molar-refractivity contribution in [1.29, 1.82) is 0 Å². The molecule has 1 aliphatic heterocycles. The van der Waals surface area contributed by atoms with Gasteiger partial charge in [-0.05, 0) is 30.7 Å². The first-order chi connectivity index (χ1) is 11.0. The Bertz CT molecular complexity index is 631. The van der Waals surface area contributed by atoms with Crippen LogP contribution < -0.4 is 9.64 Å². The van der Waals surface area contributed by atoms with Crippen LogP contribution in [-0.4, -0.2) is 29.7 Å². The molecule has 3 heterocycles. The molecule has 2 aromatic rings. The molecule has 3 rings (SSSR count). The zero-order chi connectivity index (χ0) is 16.3. The van der Waals surface area contributed by atoms with Crippen molar-refractivity contribution in [1.82, 2.24) is 9.97 Å². The zero-order valence-electron chi connectivity index (χ0n) is 12.3. The van der Waals surface area contributed by atoms with Crippen molar-refractivity contribution in [2.75, 3.05) is 24.6 Å². The fraction of sp³-hybridized carbons (Fsp3) is 0.375. The predicted molar refractivity (Wildman–Crippen MR) is 79.3 cm³/mol. The van der Waals surface area contributed by atoms with E-state index >= 15 is 0 Å². The first-order valence-electron chi connectivity index (χ1n) is 7.33. The smallest absolute Gasteiger partial charge is 0.417 e. The number of anilines is 1. The summed E-state index contributed by atoms with van der Waals surface area (Å²) in [4.78, 5) is 9.85. The lowest BCUT2D eigenvalue weighted by Gasteiger charge is -2.18. The summed E-state index contributed by atoms with van der Waals surface area (Å²) in [6.07, 6.45) is 0.798. The molecule has 0 aliphatic carbocycles. The number of ether oxygens (including phenoxy) is 1. The van der Waals surface area contributed by atoms with Crippen LogP contribution in [0.25, 0.3) is 0 Å². The Balaban J connectivity index is 1.55. The van der Waals surface area contributed by atoms with E-state index in [1.807, 2.05) is 4.90 Å². The lowest BCUT2D eigenvalue weighted by Crippen LogP contribution is -2.23. The van der Waals surface area contributed by atoms with E-state index in [2.05, 4.69) is 9.97 Å². The average molecular weight is 323 g/mol. The SMILES string of the molecule is FC(F)(F)c1ccc(N2CCC(COc3ccncc3)C2)nc1. The van der Waals surface area contributed by atoms with Crippen molar-refractivity contribution in [3.05, 3.63) is 48.4 Å². The minimum atomic E-state index is -4.35. The fourth-order valence-electron chi connectivity index (χ4n) is 2.57. The van der Waals surface area contributed by atoms with Gasteiger partial charge in [0.2, 0.25) is 0 Å². The maximum absolute atomic E-state index is 12.5. The van der Waals surface area contributed by atoms with Crippen LogP contribution in [0.15, 0.2) is 42.9 Å². The second-order valence-corrected chi connectivity index (χ2v) is 5.50. The van der Waals surface area contributed by atoms with Gasteiger partial charge < -0.3 is 9.64 Å². The molecule has 1 unspecified atom stereocenters. The topological polar surface area (TPSA) is 38.2 Å². The molecule has 4 nitrogen and oxygen atoms in total. The molecule has 1 fully saturated rings. The fourth-order valence-corrected chi connectivity index (χ4v) is 2.57. The Labute approximate surface area is 131 Å². The standard InChI is InChI=1S/C16H16F3N3O/c17-16(18,19)13-1-2-15(21-9-13)22-8-5-12(10-22)11-23-14-3-6-20-7-4-14/h1-4,6-7,9,12H,5,8,10-11H2. The number of hydrogen-bond acceptors (Lipinski definition) is 4. The highest BCUT2D eigenvalue weighted by Gasteiger charge is 2.31. The second kappa shape index (κ2) is 6.44. The molecule has 0 amide bonds. The van der Waals surface area contributed by atoms with Gasteiger partial charge in [0, 0.05) is 37.6 Å². The quantitative estimate of drug-likeness (QED) is 0.864. The Morgan fingerprint density at radius 3 is 2.61 bits per heavy atom. The largest absolute Gasteiger partial charge is 0.493 e. The van der Waals surface area contributed by atoms with Gasteiger partial charge in [-0.3, -0.25) is 4.98 Å². The summed E-state index contributed by atoms with van der Waals surface area (Å²) < 4.78 is 43.3. The van der Waals surface area contributed by atoms with E-state index < -0.39 is 11.7 Å². The van der Waals surface area contributed by atoms with E-state index in [9.17, 15) is 13.2 Å². The van der Waals surface area contributed by atoms with Crippen LogP contribution >= 0.6 is 0 Å². The van der Waals surface area contributed by atoms with E-state index in [0.717, 1.165) is 37.5 Å². The first kappa shape index (κ1) is 15.6. The number of hydrogen-bond donors (Lipinski definition) is 0. The van der Waals surface area contributed by atoms with Crippen molar-refractivity contribution >= 4 is 5.82 Å². The lowest BCUT2D eigenvalue weighted by molar-refractivity contribution is -0.137. The van der Waals surface area contributed by atoms with Crippen molar-refractivity contribution in [2.45, 2.75) is 12.6 Å². The van der Waals surface area contributed by atoms with Gasteiger partial charge in [0.25, 0.3) is 0 Å². The number of alkyl halides is 3. The summed E-state index contributed by atoms with van der Waals surface area (Å²) in [5, 5.41) is 0. The maximum Gasteiger partial charge on any atom is 0.417 e. The Hall–Kier alpha value is -2.31. The highest BCUT2D eigenvalue weighted by atomic mass is 19.4. The predicted octanol–water partition coefficient (Wildman–Crippen LogP) is 3.40. The van der Waals surface area contributed by atoms with Crippen LogP contribution in [0.2, 0.25) is 0 Å². The minimum Gasteiger partial charge on any atom is -0.493 e. The van der Waals surface area contributed by atoms with Crippen LogP contribution in [-0.2, 0) is 6.18 Å². The van der Waals surface area contributed by atoms with Gasteiger partial charge >= 0.3 is 6.18 Å². The van der Waals surface area contributed by atoms with Gasteiger partial charge in [-0.1, -0.05) is 0 Å². The molecule has 1 saturated heterocycles. The molecule has 0 radical (unpaired) electrons. The molecule has 1 atom stereocenters. The van der Waals surface area contributed by atoms with Gasteiger partial charge in [-0.15, -0.1) is 0 Å².